The lowest BCUT2D eigenvalue weighted by atomic mass is 10.2. The minimum atomic E-state index is -0.703. The lowest BCUT2D eigenvalue weighted by Gasteiger charge is -1.91. The van der Waals surface area contributed by atoms with Gasteiger partial charge in [0.05, 0.1) is 16.8 Å². The summed E-state index contributed by atoms with van der Waals surface area (Å²) in [5.41, 5.74) is -0.681. The quantitative estimate of drug-likeness (QED) is 0.232. The molecule has 68 valence electrons. The van der Waals surface area contributed by atoms with Gasteiger partial charge in [-0.15, -0.1) is 0 Å². The number of nitro groups is 1. The first-order valence-electron chi connectivity index (χ1n) is 3.18. The lowest BCUT2D eigenvalue weighted by molar-refractivity contribution is -0.385. The van der Waals surface area contributed by atoms with Gasteiger partial charge in [0, 0.05) is 0 Å². The molecule has 0 aromatic carbocycles. The van der Waals surface area contributed by atoms with E-state index in [1.807, 2.05) is 0 Å². The van der Waals surface area contributed by atoms with E-state index in [9.17, 15) is 14.9 Å². The first-order valence-corrected chi connectivity index (χ1v) is 3.18. The topological polar surface area (TPSA) is 109 Å². The van der Waals surface area contributed by atoms with Crippen molar-refractivity contribution in [3.05, 3.63) is 28.3 Å². The summed E-state index contributed by atoms with van der Waals surface area (Å²) in [4.78, 5) is 19.9. The van der Waals surface area contributed by atoms with Crippen molar-refractivity contribution >= 4 is 17.5 Å². The van der Waals surface area contributed by atoms with Crippen LogP contribution in [0.15, 0.2) is 12.5 Å². The van der Waals surface area contributed by atoms with Crippen molar-refractivity contribution in [3.63, 3.8) is 0 Å². The fourth-order valence-corrected chi connectivity index (χ4v) is 0.785. The van der Waals surface area contributed by atoms with Gasteiger partial charge in [-0.05, 0) is 0 Å². The minimum Gasteiger partial charge on any atom is -0.515 e. The highest BCUT2D eigenvalue weighted by atomic mass is 16.6. The summed E-state index contributed by atoms with van der Waals surface area (Å²) in [6, 6.07) is 0. The number of nitrogens with one attached hydrogen (secondary N) is 1. The van der Waals surface area contributed by atoms with Gasteiger partial charge in [-0.3, -0.25) is 20.0 Å². The largest absolute Gasteiger partial charge is 0.515 e. The number of rotatable bonds is 3. The Morgan fingerprint density at radius 2 is 2.46 bits per heavy atom. The number of nitrogens with zero attached hydrogens (tertiary/aromatic N) is 2. The summed E-state index contributed by atoms with van der Waals surface area (Å²) in [6.45, 7) is 0. The van der Waals surface area contributed by atoms with Crippen molar-refractivity contribution in [1.29, 1.82) is 0 Å². The number of hydrogen-bond acceptors (Lipinski definition) is 5. The molecular formula is C6H5N3O4. The molecule has 0 fully saturated rings. The standard InChI is InChI=1S/C6H5N3O4/c10-2-4(3-11)6-5(9(12)13)1-7-8-6/h1-3,10H,(H,7,8)/b4-2-. The Labute approximate surface area is 71.8 Å². The Morgan fingerprint density at radius 3 is 2.92 bits per heavy atom. The van der Waals surface area contributed by atoms with Crippen LogP contribution < -0.4 is 0 Å². The van der Waals surface area contributed by atoms with E-state index in [4.69, 9.17) is 5.11 Å². The normalized spacial score (nSPS) is 11.2. The van der Waals surface area contributed by atoms with Crippen LogP contribution in [0.25, 0.3) is 5.57 Å². The van der Waals surface area contributed by atoms with Crippen molar-refractivity contribution in [2.24, 2.45) is 0 Å². The van der Waals surface area contributed by atoms with Crippen LogP contribution in [-0.4, -0.2) is 26.5 Å². The van der Waals surface area contributed by atoms with E-state index >= 15 is 0 Å². The van der Waals surface area contributed by atoms with Gasteiger partial charge in [-0.2, -0.15) is 5.10 Å². The molecule has 1 aromatic heterocycles. The highest BCUT2D eigenvalue weighted by Gasteiger charge is 2.19. The highest BCUT2D eigenvalue weighted by Crippen LogP contribution is 2.20. The highest BCUT2D eigenvalue weighted by molar-refractivity contribution is 6.07. The van der Waals surface area contributed by atoms with Crippen molar-refractivity contribution in [2.45, 2.75) is 0 Å². The molecule has 7 heteroatoms. The molecule has 0 aliphatic carbocycles. The fraction of sp³-hybridized carbons (Fsp3) is 0. The van der Waals surface area contributed by atoms with Crippen LogP contribution in [0, 0.1) is 10.1 Å². The van der Waals surface area contributed by atoms with Crippen LogP contribution in [0.1, 0.15) is 5.69 Å². The Bertz CT molecular complexity index is 368. The molecule has 0 aliphatic heterocycles. The fourth-order valence-electron chi connectivity index (χ4n) is 0.785. The summed E-state index contributed by atoms with van der Waals surface area (Å²) in [5, 5.41) is 24.5. The third-order valence-corrected chi connectivity index (χ3v) is 1.37. The molecule has 2 N–H and O–H groups in total. The van der Waals surface area contributed by atoms with Crippen LogP contribution in [0.2, 0.25) is 0 Å². The third-order valence-electron chi connectivity index (χ3n) is 1.37. The molecule has 13 heavy (non-hydrogen) atoms. The number of aromatic amines is 1. The van der Waals surface area contributed by atoms with Gasteiger partial charge in [0.25, 0.3) is 0 Å². The number of carbonyl (C=O) groups is 1. The molecule has 1 rings (SSSR count). The summed E-state index contributed by atoms with van der Waals surface area (Å²) in [5.74, 6) is 0. The molecule has 0 aliphatic rings. The molecule has 7 nitrogen and oxygen atoms in total. The first kappa shape index (κ1) is 8.91. The van der Waals surface area contributed by atoms with Crippen molar-refractivity contribution in [1.82, 2.24) is 10.2 Å². The second kappa shape index (κ2) is 3.48. The number of aliphatic hydroxyl groups is 1. The van der Waals surface area contributed by atoms with Crippen molar-refractivity contribution < 1.29 is 14.8 Å². The molecule has 0 amide bonds. The van der Waals surface area contributed by atoms with Crippen molar-refractivity contribution in [3.8, 4) is 0 Å². The molecule has 0 spiro atoms. The number of aldehydes is 1. The Kier molecular flexibility index (Phi) is 2.38. The van der Waals surface area contributed by atoms with Crippen LogP contribution in [0.4, 0.5) is 5.69 Å². The van der Waals surface area contributed by atoms with E-state index in [0.717, 1.165) is 6.20 Å². The molecule has 0 saturated carbocycles. The van der Waals surface area contributed by atoms with E-state index in [1.54, 1.807) is 0 Å². The lowest BCUT2D eigenvalue weighted by Crippen LogP contribution is -1.93. The summed E-state index contributed by atoms with van der Waals surface area (Å²) >= 11 is 0. The van der Waals surface area contributed by atoms with Crippen LogP contribution in [-0.2, 0) is 4.79 Å². The second-order valence-electron chi connectivity index (χ2n) is 2.09. The molecule has 0 radical (unpaired) electrons. The zero-order chi connectivity index (χ0) is 9.84. The van der Waals surface area contributed by atoms with E-state index in [2.05, 4.69) is 10.2 Å². The smallest absolute Gasteiger partial charge is 0.314 e. The van der Waals surface area contributed by atoms with Gasteiger partial charge >= 0.3 is 5.69 Å². The molecule has 0 saturated heterocycles. The molecule has 1 heterocycles. The SMILES string of the molecule is O=C/C(=C/O)c1[nH]ncc1[N+](=O)[O-]. The zero-order valence-electron chi connectivity index (χ0n) is 6.30. The average molecular weight is 183 g/mol. The summed E-state index contributed by atoms with van der Waals surface area (Å²) < 4.78 is 0. The molecule has 0 unspecified atom stereocenters. The van der Waals surface area contributed by atoms with Crippen LogP contribution in [0.3, 0.4) is 0 Å². The van der Waals surface area contributed by atoms with Gasteiger partial charge in [0.1, 0.15) is 11.9 Å². The number of carbonyl (C=O) groups excluding carboxylic acids is 1. The van der Waals surface area contributed by atoms with Crippen LogP contribution in [0.5, 0.6) is 0 Å². The van der Waals surface area contributed by atoms with E-state index in [0.29, 0.717) is 12.5 Å². The third kappa shape index (κ3) is 1.53. The van der Waals surface area contributed by atoms with Gasteiger partial charge in [0.2, 0.25) is 0 Å². The Hall–Kier alpha value is -2.18. The molecular weight excluding hydrogens is 178 g/mol. The first-order chi connectivity index (χ1) is 6.20. The van der Waals surface area contributed by atoms with Gasteiger partial charge < -0.3 is 5.11 Å². The predicted octanol–water partition coefficient (Wildman–Crippen LogP) is 0.416. The Balaban J connectivity index is 3.21. The monoisotopic (exact) mass is 183 g/mol. The van der Waals surface area contributed by atoms with Crippen LogP contribution >= 0.6 is 0 Å². The maximum atomic E-state index is 10.3. The number of hydrogen-bond donors (Lipinski definition) is 2. The average Bonchev–Trinajstić information content (AvgIpc) is 2.55. The number of aromatic nitrogens is 2. The number of aliphatic hydroxyl groups excluding tert-OH is 1. The predicted molar refractivity (Wildman–Crippen MR) is 41.9 cm³/mol. The minimum absolute atomic E-state index is 0.109. The maximum Gasteiger partial charge on any atom is 0.314 e. The zero-order valence-corrected chi connectivity index (χ0v) is 6.30. The number of H-pyrrole nitrogens is 1. The van der Waals surface area contributed by atoms with E-state index in [-0.39, 0.29) is 17.0 Å². The molecule has 0 atom stereocenters. The van der Waals surface area contributed by atoms with E-state index < -0.39 is 4.92 Å². The van der Waals surface area contributed by atoms with Gasteiger partial charge in [-0.25, -0.2) is 0 Å². The van der Waals surface area contributed by atoms with Crippen molar-refractivity contribution in [2.75, 3.05) is 0 Å². The van der Waals surface area contributed by atoms with Gasteiger partial charge in [-0.1, -0.05) is 0 Å². The summed E-state index contributed by atoms with van der Waals surface area (Å²) in [6.07, 6.45) is 1.73. The molecule has 0 bridgehead atoms. The number of allylic oxidation sites excluding steroid dienone is 1. The second-order valence-corrected chi connectivity index (χ2v) is 2.09. The maximum absolute atomic E-state index is 10.3. The van der Waals surface area contributed by atoms with E-state index in [1.165, 1.54) is 0 Å². The summed E-state index contributed by atoms with van der Waals surface area (Å²) in [7, 11) is 0. The van der Waals surface area contributed by atoms with Gasteiger partial charge in [0.15, 0.2) is 6.29 Å². The Morgan fingerprint density at radius 1 is 1.77 bits per heavy atom. The molecule has 1 aromatic rings.